The molecule has 0 amide bonds. The van der Waals surface area contributed by atoms with Gasteiger partial charge in [-0.1, -0.05) is 34.1 Å². The average Bonchev–Trinajstić information content (AvgIpc) is 3.14. The molecule has 4 unspecified atom stereocenters. The maximum Gasteiger partial charge on any atom is 0.305 e. The molecule has 4 rings (SSSR count). The van der Waals surface area contributed by atoms with Gasteiger partial charge < -0.3 is 13.6 Å². The Labute approximate surface area is 230 Å². The maximum atomic E-state index is 11.8. The first-order valence-electron chi connectivity index (χ1n) is 15.1. The molecule has 0 spiro atoms. The number of ether oxygens (including phenoxy) is 1. The van der Waals surface area contributed by atoms with E-state index in [0.29, 0.717) is 40.9 Å². The minimum absolute atomic E-state index is 0.0585. The zero-order chi connectivity index (χ0) is 27.8. The van der Waals surface area contributed by atoms with E-state index in [1.165, 1.54) is 57.8 Å². The molecule has 4 aliphatic carbocycles. The Balaban J connectivity index is 0.000000886. The molecule has 0 aromatic rings. The summed E-state index contributed by atoms with van der Waals surface area (Å²) in [4.78, 5) is 11.8. The molecule has 0 radical (unpaired) electrons. The van der Waals surface area contributed by atoms with Crippen molar-refractivity contribution in [2.24, 2.45) is 52.3 Å². The lowest BCUT2D eigenvalue weighted by Gasteiger charge is -2.60. The van der Waals surface area contributed by atoms with Gasteiger partial charge in [-0.05, 0) is 130 Å². The molecule has 9 atom stereocenters. The molecular formula is C31H56O4Si2. The Hall–Kier alpha value is -0.756. The predicted molar refractivity (Wildman–Crippen MR) is 156 cm³/mol. The highest BCUT2D eigenvalue weighted by atomic mass is 28.4. The van der Waals surface area contributed by atoms with Crippen molar-refractivity contribution in [1.82, 2.24) is 0 Å². The highest BCUT2D eigenvalue weighted by molar-refractivity contribution is 6.70. The fourth-order valence-electron chi connectivity index (χ4n) is 8.95. The molecule has 0 saturated heterocycles. The molecule has 37 heavy (non-hydrogen) atoms. The van der Waals surface area contributed by atoms with Crippen molar-refractivity contribution in [3.63, 3.8) is 0 Å². The summed E-state index contributed by atoms with van der Waals surface area (Å²) in [7, 11) is -1.29. The number of fused-ring (bicyclic) bond motifs is 5. The first kappa shape index (κ1) is 30.8. The largest absolute Gasteiger partial charge is 0.547 e. The molecule has 0 heterocycles. The van der Waals surface area contributed by atoms with Crippen LogP contribution in [0.3, 0.4) is 0 Å². The van der Waals surface area contributed by atoms with Gasteiger partial charge in [-0.3, -0.25) is 4.79 Å². The number of carbonyl (C=O) groups is 1. The van der Waals surface area contributed by atoms with Crippen molar-refractivity contribution in [2.75, 3.05) is 7.11 Å². The van der Waals surface area contributed by atoms with E-state index in [9.17, 15) is 9.26 Å². The molecule has 3 saturated carbocycles. The van der Waals surface area contributed by atoms with Crippen molar-refractivity contribution < 1.29 is 18.4 Å². The van der Waals surface area contributed by atoms with E-state index in [-0.39, 0.29) is 5.97 Å². The first-order valence-corrected chi connectivity index (χ1v) is 20.9. The van der Waals surface area contributed by atoms with Crippen molar-refractivity contribution in [3.8, 4) is 0 Å². The van der Waals surface area contributed by atoms with E-state index >= 15 is 0 Å². The fraction of sp³-hybridized carbons (Fsp3) is 0.903. The van der Waals surface area contributed by atoms with Crippen LogP contribution in [0.1, 0.15) is 85.5 Å². The third-order valence-electron chi connectivity index (χ3n) is 10.7. The first-order chi connectivity index (χ1) is 17.1. The van der Waals surface area contributed by atoms with Crippen LogP contribution in [0.2, 0.25) is 32.7 Å². The molecule has 0 N–H and O–H groups in total. The summed E-state index contributed by atoms with van der Waals surface area (Å²) in [6, 6.07) is 0. The van der Waals surface area contributed by atoms with Gasteiger partial charge in [-0.25, -0.2) is 0 Å². The monoisotopic (exact) mass is 548 g/mol. The number of esters is 1. The van der Waals surface area contributed by atoms with E-state index in [4.69, 9.17) is 9.16 Å². The third-order valence-corrected chi connectivity index (χ3v) is 11.6. The van der Waals surface area contributed by atoms with Crippen LogP contribution < -0.4 is 0 Å². The van der Waals surface area contributed by atoms with Gasteiger partial charge in [0.2, 0.25) is 8.32 Å². The van der Waals surface area contributed by atoms with E-state index in [0.717, 1.165) is 24.2 Å². The zero-order valence-electron chi connectivity index (χ0n) is 25.6. The molecule has 0 aromatic heterocycles. The van der Waals surface area contributed by atoms with Gasteiger partial charge in [-0.2, -0.15) is 0 Å². The van der Waals surface area contributed by atoms with Gasteiger partial charge in [-0.15, -0.1) is 0 Å². The minimum atomic E-state index is -1.68. The van der Waals surface area contributed by atoms with Crippen LogP contribution >= 0.6 is 0 Å². The SMILES string of the molecule is COC(=O)CC[C@@H](C)C1CCC2C3C(O[Si](C)(C)C)=C[C@@H]4C[C@H](C)CC[C@]4(C)C3CC[C@@]21C.C[Si](C)=O. The predicted octanol–water partition coefficient (Wildman–Crippen LogP) is 8.49. The van der Waals surface area contributed by atoms with Gasteiger partial charge in [0.25, 0.3) is 8.68 Å². The summed E-state index contributed by atoms with van der Waals surface area (Å²) in [6.45, 7) is 20.6. The number of carbonyl (C=O) groups excluding carboxylic acids is 1. The second-order valence-electron chi connectivity index (χ2n) is 14.7. The molecule has 212 valence electrons. The lowest BCUT2D eigenvalue weighted by molar-refractivity contribution is -0.141. The second kappa shape index (κ2) is 11.8. The molecular weight excluding hydrogens is 493 g/mol. The standard InChI is InChI=1S/C29H50O3Si.C2H6OSi/c1-19-13-15-28(3)21(17-19)18-25(32-33(6,7)8)27-23-11-10-22(20(2)9-12-26(30)31-5)29(23,4)16-14-24(27)28;1-4(2)3/h18-24,27H,9-17H2,1-8H3;1-2H3/t19-,20-,21+,22?,23?,24?,27?,28+,29-;/m1./s1. The zero-order valence-corrected chi connectivity index (χ0v) is 27.6. The summed E-state index contributed by atoms with van der Waals surface area (Å²) in [5.74, 6) is 6.24. The highest BCUT2D eigenvalue weighted by Crippen LogP contribution is 2.68. The Morgan fingerprint density at radius 1 is 1.08 bits per heavy atom. The second-order valence-corrected chi connectivity index (χ2v) is 21.0. The summed E-state index contributed by atoms with van der Waals surface area (Å²) >= 11 is 0. The molecule has 4 aliphatic rings. The van der Waals surface area contributed by atoms with Crippen LogP contribution in [0.4, 0.5) is 0 Å². The Morgan fingerprint density at radius 2 is 1.68 bits per heavy atom. The molecule has 3 fully saturated rings. The van der Waals surface area contributed by atoms with Crippen molar-refractivity contribution in [2.45, 2.75) is 118 Å². The smallest absolute Gasteiger partial charge is 0.305 e. The van der Waals surface area contributed by atoms with Crippen LogP contribution in [0.25, 0.3) is 0 Å². The van der Waals surface area contributed by atoms with Gasteiger partial charge >= 0.3 is 5.97 Å². The number of methoxy groups -OCH3 is 1. The van der Waals surface area contributed by atoms with Crippen LogP contribution in [0, 0.1) is 52.3 Å². The van der Waals surface area contributed by atoms with Gasteiger partial charge in [0.1, 0.15) is 0 Å². The van der Waals surface area contributed by atoms with E-state index in [1.807, 2.05) is 0 Å². The number of allylic oxidation sites excluding steroid dienone is 2. The lowest BCUT2D eigenvalue weighted by Crippen LogP contribution is -2.54. The normalized spacial score (nSPS) is 39.6. The summed E-state index contributed by atoms with van der Waals surface area (Å²) in [6.07, 6.45) is 13.6. The summed E-state index contributed by atoms with van der Waals surface area (Å²) < 4.78 is 21.5. The fourth-order valence-corrected chi connectivity index (χ4v) is 9.86. The summed E-state index contributed by atoms with van der Waals surface area (Å²) in [5.41, 5.74) is 0.809. The quantitative estimate of drug-likeness (QED) is 0.247. The van der Waals surface area contributed by atoms with Crippen molar-refractivity contribution >= 4 is 23.0 Å². The molecule has 0 aliphatic heterocycles. The molecule has 4 nitrogen and oxygen atoms in total. The van der Waals surface area contributed by atoms with Crippen molar-refractivity contribution in [1.29, 1.82) is 0 Å². The maximum absolute atomic E-state index is 11.8. The van der Waals surface area contributed by atoms with Gasteiger partial charge in [0.05, 0.1) is 12.9 Å². The average molecular weight is 549 g/mol. The van der Waals surface area contributed by atoms with Crippen LogP contribution in [-0.4, -0.2) is 30.1 Å². The Morgan fingerprint density at radius 3 is 2.27 bits per heavy atom. The molecule has 0 aromatic carbocycles. The number of rotatable bonds is 6. The van der Waals surface area contributed by atoms with Gasteiger partial charge in [0.15, 0.2) is 0 Å². The highest BCUT2D eigenvalue weighted by Gasteiger charge is 2.61. The third kappa shape index (κ3) is 6.70. The molecule has 6 heteroatoms. The van der Waals surface area contributed by atoms with E-state index in [1.54, 1.807) is 13.1 Å². The van der Waals surface area contributed by atoms with Crippen molar-refractivity contribution in [3.05, 3.63) is 11.8 Å². The topological polar surface area (TPSA) is 52.6 Å². The van der Waals surface area contributed by atoms with E-state index < -0.39 is 17.0 Å². The Bertz CT molecular complexity index is 860. The molecule has 0 bridgehead atoms. The van der Waals surface area contributed by atoms with Crippen LogP contribution in [-0.2, 0) is 18.4 Å². The van der Waals surface area contributed by atoms with Gasteiger partial charge in [0, 0.05) is 12.3 Å². The van der Waals surface area contributed by atoms with E-state index in [2.05, 4.69) is 53.4 Å². The van der Waals surface area contributed by atoms with Crippen LogP contribution in [0.5, 0.6) is 0 Å². The number of hydrogen-bond donors (Lipinski definition) is 0. The Kier molecular flexibility index (Phi) is 9.80. The minimum Gasteiger partial charge on any atom is -0.547 e. The van der Waals surface area contributed by atoms with Crippen LogP contribution in [0.15, 0.2) is 11.8 Å². The lowest BCUT2D eigenvalue weighted by atomic mass is 9.45. The number of hydrogen-bond acceptors (Lipinski definition) is 4. The summed E-state index contributed by atoms with van der Waals surface area (Å²) in [5, 5.41) is 0.